The summed E-state index contributed by atoms with van der Waals surface area (Å²) in [6.45, 7) is 6.74. The van der Waals surface area contributed by atoms with Crippen LogP contribution in [0.15, 0.2) is 24.8 Å². The molecule has 18 heavy (non-hydrogen) atoms. The maximum Gasteiger partial charge on any atom is 0.203 e. The topological polar surface area (TPSA) is 39.7 Å². The second-order valence-electron chi connectivity index (χ2n) is 3.73. The summed E-state index contributed by atoms with van der Waals surface area (Å²) in [5.41, 5.74) is 1.03. The first-order chi connectivity index (χ1) is 8.71. The second kappa shape index (κ2) is 6.91. The summed E-state index contributed by atoms with van der Waals surface area (Å²) < 4.78 is 15.9. The Balaban J connectivity index is 3.25. The molecule has 0 heterocycles. The lowest BCUT2D eigenvalue weighted by atomic mass is 10.1. The molecule has 0 fully saturated rings. The number of methoxy groups -OCH3 is 3. The van der Waals surface area contributed by atoms with Gasteiger partial charge in [-0.15, -0.1) is 6.58 Å². The molecule has 1 unspecified atom stereocenters. The molecular weight excluding hydrogens is 230 g/mol. The van der Waals surface area contributed by atoms with E-state index in [4.69, 9.17) is 14.2 Å². The van der Waals surface area contributed by atoms with Crippen molar-refractivity contribution in [2.24, 2.45) is 0 Å². The van der Waals surface area contributed by atoms with Gasteiger partial charge in [0.1, 0.15) is 0 Å². The lowest BCUT2D eigenvalue weighted by molar-refractivity contribution is 0.323. The Hall–Kier alpha value is -1.68. The molecule has 1 aromatic rings. The number of benzene rings is 1. The van der Waals surface area contributed by atoms with Crippen molar-refractivity contribution in [3.05, 3.63) is 30.4 Å². The molecule has 0 aliphatic heterocycles. The van der Waals surface area contributed by atoms with E-state index in [2.05, 4.69) is 18.8 Å². The van der Waals surface area contributed by atoms with Crippen LogP contribution in [0.1, 0.15) is 18.5 Å². The van der Waals surface area contributed by atoms with E-state index in [1.54, 1.807) is 21.3 Å². The zero-order valence-corrected chi connectivity index (χ0v) is 11.4. The standard InChI is InChI=1S/C14H21NO3/c1-6-11(15-7-2)10-8-12(16-3)14(18-5)13(9-10)17-4/h6,8-9,11,15H,1,7H2,2-5H3. The van der Waals surface area contributed by atoms with Crippen molar-refractivity contribution >= 4 is 0 Å². The van der Waals surface area contributed by atoms with E-state index in [0.717, 1.165) is 12.1 Å². The van der Waals surface area contributed by atoms with Crippen molar-refractivity contribution in [1.29, 1.82) is 0 Å². The van der Waals surface area contributed by atoms with Gasteiger partial charge >= 0.3 is 0 Å². The second-order valence-corrected chi connectivity index (χ2v) is 3.73. The zero-order valence-electron chi connectivity index (χ0n) is 11.4. The maximum atomic E-state index is 5.33. The number of likely N-dealkylation sites (N-methyl/N-ethyl adjacent to an activating group) is 1. The minimum absolute atomic E-state index is 0.0590. The lowest BCUT2D eigenvalue weighted by Gasteiger charge is -2.18. The summed E-state index contributed by atoms with van der Waals surface area (Å²) in [6.07, 6.45) is 1.85. The van der Waals surface area contributed by atoms with E-state index in [1.165, 1.54) is 0 Å². The predicted octanol–water partition coefficient (Wildman–Crippen LogP) is 2.55. The summed E-state index contributed by atoms with van der Waals surface area (Å²) in [4.78, 5) is 0. The highest BCUT2D eigenvalue weighted by Gasteiger charge is 2.16. The van der Waals surface area contributed by atoms with Crippen LogP contribution in [0.25, 0.3) is 0 Å². The molecule has 0 aliphatic rings. The van der Waals surface area contributed by atoms with Gasteiger partial charge in [0, 0.05) is 0 Å². The smallest absolute Gasteiger partial charge is 0.203 e. The number of nitrogens with one attached hydrogen (secondary N) is 1. The van der Waals surface area contributed by atoms with Crippen molar-refractivity contribution in [1.82, 2.24) is 5.32 Å². The number of rotatable bonds is 7. The minimum Gasteiger partial charge on any atom is -0.493 e. The van der Waals surface area contributed by atoms with Crippen LogP contribution >= 0.6 is 0 Å². The average molecular weight is 251 g/mol. The van der Waals surface area contributed by atoms with Crippen LogP contribution in [0.2, 0.25) is 0 Å². The first kappa shape index (κ1) is 14.4. The van der Waals surface area contributed by atoms with Gasteiger partial charge in [-0.05, 0) is 24.2 Å². The van der Waals surface area contributed by atoms with Gasteiger partial charge in [-0.2, -0.15) is 0 Å². The number of hydrogen-bond acceptors (Lipinski definition) is 4. The molecule has 0 aliphatic carbocycles. The molecule has 1 atom stereocenters. The Morgan fingerprint density at radius 1 is 1.17 bits per heavy atom. The van der Waals surface area contributed by atoms with Crippen molar-refractivity contribution in [2.75, 3.05) is 27.9 Å². The molecule has 1 rings (SSSR count). The fourth-order valence-electron chi connectivity index (χ4n) is 1.84. The molecule has 1 N–H and O–H groups in total. The molecule has 0 radical (unpaired) electrons. The fraction of sp³-hybridized carbons (Fsp3) is 0.429. The molecule has 0 aromatic heterocycles. The van der Waals surface area contributed by atoms with Gasteiger partial charge in [0.2, 0.25) is 5.75 Å². The monoisotopic (exact) mass is 251 g/mol. The Labute approximate surface area is 109 Å². The Bertz CT molecular complexity index is 379. The molecule has 0 bridgehead atoms. The molecule has 4 heteroatoms. The van der Waals surface area contributed by atoms with Gasteiger partial charge in [0.25, 0.3) is 0 Å². The van der Waals surface area contributed by atoms with Crippen LogP contribution in [-0.2, 0) is 0 Å². The summed E-state index contributed by atoms with van der Waals surface area (Å²) in [7, 11) is 4.81. The van der Waals surface area contributed by atoms with E-state index in [1.807, 2.05) is 18.2 Å². The highest BCUT2D eigenvalue weighted by Crippen LogP contribution is 2.39. The lowest BCUT2D eigenvalue weighted by Crippen LogP contribution is -2.18. The molecule has 0 spiro atoms. The van der Waals surface area contributed by atoms with Gasteiger partial charge in [0.15, 0.2) is 11.5 Å². The van der Waals surface area contributed by atoms with E-state index in [-0.39, 0.29) is 6.04 Å². The SMILES string of the molecule is C=CC(NCC)c1cc(OC)c(OC)c(OC)c1. The summed E-state index contributed by atoms with van der Waals surface area (Å²) in [6, 6.07) is 3.91. The van der Waals surface area contributed by atoms with Crippen LogP contribution in [0.4, 0.5) is 0 Å². The van der Waals surface area contributed by atoms with Crippen molar-refractivity contribution in [3.8, 4) is 17.2 Å². The average Bonchev–Trinajstić information content (AvgIpc) is 2.42. The summed E-state index contributed by atoms with van der Waals surface area (Å²) in [5.74, 6) is 1.90. The first-order valence-electron chi connectivity index (χ1n) is 5.87. The minimum atomic E-state index is 0.0590. The van der Waals surface area contributed by atoms with E-state index < -0.39 is 0 Å². The summed E-state index contributed by atoms with van der Waals surface area (Å²) in [5, 5.41) is 3.32. The van der Waals surface area contributed by atoms with Gasteiger partial charge in [-0.1, -0.05) is 13.0 Å². The molecule has 1 aromatic carbocycles. The Morgan fingerprint density at radius 3 is 2.06 bits per heavy atom. The molecule has 100 valence electrons. The van der Waals surface area contributed by atoms with Crippen LogP contribution in [0, 0.1) is 0 Å². The third-order valence-corrected chi connectivity index (χ3v) is 2.71. The Morgan fingerprint density at radius 2 is 1.72 bits per heavy atom. The molecule has 0 saturated carbocycles. The number of hydrogen-bond donors (Lipinski definition) is 1. The highest BCUT2D eigenvalue weighted by molar-refractivity contribution is 5.54. The first-order valence-corrected chi connectivity index (χ1v) is 5.87. The van der Waals surface area contributed by atoms with Crippen molar-refractivity contribution < 1.29 is 14.2 Å². The van der Waals surface area contributed by atoms with Crippen molar-refractivity contribution in [2.45, 2.75) is 13.0 Å². The van der Waals surface area contributed by atoms with Gasteiger partial charge in [-0.25, -0.2) is 0 Å². The zero-order chi connectivity index (χ0) is 13.5. The molecule has 0 amide bonds. The third-order valence-electron chi connectivity index (χ3n) is 2.71. The molecular formula is C14H21NO3. The fourth-order valence-corrected chi connectivity index (χ4v) is 1.84. The summed E-state index contributed by atoms with van der Waals surface area (Å²) >= 11 is 0. The van der Waals surface area contributed by atoms with Crippen LogP contribution in [-0.4, -0.2) is 27.9 Å². The van der Waals surface area contributed by atoms with Gasteiger partial charge in [-0.3, -0.25) is 0 Å². The van der Waals surface area contributed by atoms with E-state index >= 15 is 0 Å². The van der Waals surface area contributed by atoms with Crippen LogP contribution < -0.4 is 19.5 Å². The largest absolute Gasteiger partial charge is 0.493 e. The number of ether oxygens (including phenoxy) is 3. The van der Waals surface area contributed by atoms with Crippen molar-refractivity contribution in [3.63, 3.8) is 0 Å². The van der Waals surface area contributed by atoms with E-state index in [9.17, 15) is 0 Å². The van der Waals surface area contributed by atoms with Gasteiger partial charge in [0.05, 0.1) is 27.4 Å². The quantitative estimate of drug-likeness (QED) is 0.756. The van der Waals surface area contributed by atoms with Gasteiger partial charge < -0.3 is 19.5 Å². The third kappa shape index (κ3) is 2.96. The molecule has 4 nitrogen and oxygen atoms in total. The van der Waals surface area contributed by atoms with E-state index in [0.29, 0.717) is 17.2 Å². The normalized spacial score (nSPS) is 11.8. The molecule has 0 saturated heterocycles. The highest BCUT2D eigenvalue weighted by atomic mass is 16.5. The Kier molecular flexibility index (Phi) is 5.52. The van der Waals surface area contributed by atoms with Crippen LogP contribution in [0.3, 0.4) is 0 Å². The van der Waals surface area contributed by atoms with Crippen LogP contribution in [0.5, 0.6) is 17.2 Å². The maximum absolute atomic E-state index is 5.33. The predicted molar refractivity (Wildman–Crippen MR) is 72.7 cm³/mol.